The summed E-state index contributed by atoms with van der Waals surface area (Å²) in [6, 6.07) is 6.14. The summed E-state index contributed by atoms with van der Waals surface area (Å²) in [5, 5.41) is 0. The maximum absolute atomic E-state index is 12.9. The molecule has 0 fully saturated rings. The Morgan fingerprint density at radius 2 is 1.77 bits per heavy atom. The van der Waals surface area contributed by atoms with Crippen molar-refractivity contribution in [3.8, 4) is 0 Å². The molecule has 13 heavy (non-hydrogen) atoms. The van der Waals surface area contributed by atoms with E-state index in [9.17, 15) is 13.6 Å². The number of hydrogen-bond acceptors (Lipinski definition) is 1. The van der Waals surface area contributed by atoms with E-state index in [0.29, 0.717) is 0 Å². The average molecular weight is 182 g/mol. The van der Waals surface area contributed by atoms with Crippen molar-refractivity contribution in [2.75, 3.05) is 0 Å². The molecule has 0 N–H and O–H groups in total. The molecule has 1 nitrogen and oxygen atoms in total. The van der Waals surface area contributed by atoms with E-state index in [2.05, 4.69) is 0 Å². The van der Waals surface area contributed by atoms with Gasteiger partial charge in [-0.05, 0) is 6.92 Å². The van der Waals surface area contributed by atoms with Gasteiger partial charge in [0.1, 0.15) is 0 Å². The van der Waals surface area contributed by atoms with Crippen molar-refractivity contribution in [2.45, 2.75) is 6.92 Å². The van der Waals surface area contributed by atoms with Crippen LogP contribution in [0.5, 0.6) is 0 Å². The van der Waals surface area contributed by atoms with Crippen molar-refractivity contribution >= 4 is 12.1 Å². The fourth-order valence-electron chi connectivity index (χ4n) is 0.890. The van der Waals surface area contributed by atoms with E-state index in [1.807, 2.05) is 6.92 Å². The van der Waals surface area contributed by atoms with Crippen molar-refractivity contribution in [2.24, 2.45) is 0 Å². The van der Waals surface area contributed by atoms with E-state index in [4.69, 9.17) is 0 Å². The van der Waals surface area contributed by atoms with Crippen LogP contribution in [0.15, 0.2) is 30.1 Å². The third-order valence-corrected chi connectivity index (χ3v) is 1.62. The van der Waals surface area contributed by atoms with Crippen LogP contribution in [-0.4, -0.2) is 6.29 Å². The van der Waals surface area contributed by atoms with Gasteiger partial charge in [-0.2, -0.15) is 0 Å². The molecule has 0 aromatic heterocycles. The second kappa shape index (κ2) is 3.94. The molecule has 0 unspecified atom stereocenters. The Labute approximate surface area is 74.7 Å². The topological polar surface area (TPSA) is 17.1 Å². The largest absolute Gasteiger partial charge is 0.295 e. The third-order valence-electron chi connectivity index (χ3n) is 1.62. The maximum atomic E-state index is 12.9. The smallest absolute Gasteiger partial charge is 0.199 e. The first-order valence-electron chi connectivity index (χ1n) is 3.72. The zero-order valence-electron chi connectivity index (χ0n) is 7.05. The Hall–Kier alpha value is -1.51. The molecule has 0 aliphatic carbocycles. The average Bonchev–Trinajstić information content (AvgIpc) is 2.17. The molecule has 0 aliphatic heterocycles. The van der Waals surface area contributed by atoms with Gasteiger partial charge in [-0.3, -0.25) is 4.79 Å². The lowest BCUT2D eigenvalue weighted by Crippen LogP contribution is -1.84. The number of carbonyl (C=O) groups excluding carboxylic acids is 1. The van der Waals surface area contributed by atoms with Crippen LogP contribution >= 0.6 is 0 Å². The number of allylic oxidation sites excluding steroid dienone is 1. The van der Waals surface area contributed by atoms with Gasteiger partial charge in [0, 0.05) is 5.56 Å². The molecule has 3 heteroatoms. The quantitative estimate of drug-likeness (QED) is 0.507. The van der Waals surface area contributed by atoms with Crippen LogP contribution in [0, 0.1) is 6.92 Å². The van der Waals surface area contributed by atoms with Crippen LogP contribution in [0.3, 0.4) is 0 Å². The van der Waals surface area contributed by atoms with E-state index < -0.39 is 11.7 Å². The minimum Gasteiger partial charge on any atom is -0.295 e. The Morgan fingerprint density at radius 1 is 1.23 bits per heavy atom. The Morgan fingerprint density at radius 3 is 2.23 bits per heavy atom. The highest BCUT2D eigenvalue weighted by Gasteiger charge is 2.06. The summed E-state index contributed by atoms with van der Waals surface area (Å²) in [5.74, 6) is -2.49. The number of benzene rings is 1. The van der Waals surface area contributed by atoms with Crippen molar-refractivity contribution in [3.05, 3.63) is 41.2 Å². The standard InChI is InChI=1S/C10H8F2O/c1-7-2-4-8(5-3-7)10(12)9(11)6-13/h2-6H,1H3/b10-9-. The van der Waals surface area contributed by atoms with Crippen LogP contribution in [0.4, 0.5) is 8.78 Å². The van der Waals surface area contributed by atoms with Crippen LogP contribution in [0.2, 0.25) is 0 Å². The lowest BCUT2D eigenvalue weighted by atomic mass is 10.1. The number of aldehydes is 1. The molecular formula is C10H8F2O. The molecule has 1 aromatic rings. The van der Waals surface area contributed by atoms with E-state index >= 15 is 0 Å². The summed E-state index contributed by atoms with van der Waals surface area (Å²) in [4.78, 5) is 9.91. The molecule has 0 bridgehead atoms. The van der Waals surface area contributed by atoms with E-state index in [1.54, 1.807) is 12.1 Å². The van der Waals surface area contributed by atoms with Crippen LogP contribution < -0.4 is 0 Å². The zero-order valence-corrected chi connectivity index (χ0v) is 7.05. The van der Waals surface area contributed by atoms with Gasteiger partial charge in [0.25, 0.3) is 0 Å². The second-order valence-corrected chi connectivity index (χ2v) is 2.65. The summed E-state index contributed by atoms with van der Waals surface area (Å²) in [5.41, 5.74) is 1.03. The van der Waals surface area contributed by atoms with Gasteiger partial charge in [0.15, 0.2) is 17.9 Å². The lowest BCUT2D eigenvalue weighted by Gasteiger charge is -1.97. The molecule has 0 amide bonds. The molecule has 0 atom stereocenters. The second-order valence-electron chi connectivity index (χ2n) is 2.65. The molecular weight excluding hydrogens is 174 g/mol. The predicted molar refractivity (Wildman–Crippen MR) is 46.4 cm³/mol. The Balaban J connectivity index is 3.09. The number of hydrogen-bond donors (Lipinski definition) is 0. The van der Waals surface area contributed by atoms with Crippen LogP contribution in [0.25, 0.3) is 5.83 Å². The van der Waals surface area contributed by atoms with Gasteiger partial charge in [0.2, 0.25) is 0 Å². The normalized spacial score (nSPS) is 12.2. The van der Waals surface area contributed by atoms with Crippen molar-refractivity contribution in [3.63, 3.8) is 0 Å². The fraction of sp³-hybridized carbons (Fsp3) is 0.100. The molecule has 0 radical (unpaired) electrons. The monoisotopic (exact) mass is 182 g/mol. The molecule has 68 valence electrons. The van der Waals surface area contributed by atoms with E-state index in [0.717, 1.165) is 5.56 Å². The Kier molecular flexibility index (Phi) is 2.90. The van der Waals surface area contributed by atoms with Crippen LogP contribution in [-0.2, 0) is 4.79 Å². The molecule has 0 heterocycles. The highest BCUT2D eigenvalue weighted by Crippen LogP contribution is 2.20. The Bertz CT molecular complexity index is 338. The van der Waals surface area contributed by atoms with Crippen LogP contribution in [0.1, 0.15) is 11.1 Å². The van der Waals surface area contributed by atoms with Gasteiger partial charge in [-0.25, -0.2) is 8.78 Å². The summed E-state index contributed by atoms with van der Waals surface area (Å²) < 4.78 is 25.4. The van der Waals surface area contributed by atoms with Gasteiger partial charge < -0.3 is 0 Å². The lowest BCUT2D eigenvalue weighted by molar-refractivity contribution is -0.106. The predicted octanol–water partition coefficient (Wildman–Crippen LogP) is 2.80. The number of rotatable bonds is 2. The first-order valence-corrected chi connectivity index (χ1v) is 3.72. The number of halogens is 2. The molecule has 0 spiro atoms. The number of carbonyl (C=O) groups is 1. The van der Waals surface area contributed by atoms with Gasteiger partial charge in [0.05, 0.1) is 0 Å². The minimum absolute atomic E-state index is 0.0789. The van der Waals surface area contributed by atoms with Gasteiger partial charge in [-0.15, -0.1) is 0 Å². The SMILES string of the molecule is Cc1ccc(/C(F)=C(/F)C=O)cc1. The molecule has 1 aromatic carbocycles. The van der Waals surface area contributed by atoms with Gasteiger partial charge >= 0.3 is 0 Å². The van der Waals surface area contributed by atoms with E-state index in [1.165, 1.54) is 12.1 Å². The molecule has 0 aliphatic rings. The third kappa shape index (κ3) is 2.21. The first-order chi connectivity index (χ1) is 6.15. The van der Waals surface area contributed by atoms with Crippen molar-refractivity contribution < 1.29 is 13.6 Å². The minimum atomic E-state index is -1.37. The summed E-state index contributed by atoms with van der Waals surface area (Å²) in [7, 11) is 0. The summed E-state index contributed by atoms with van der Waals surface area (Å²) >= 11 is 0. The highest BCUT2D eigenvalue weighted by molar-refractivity contribution is 5.82. The number of aryl methyl sites for hydroxylation is 1. The zero-order chi connectivity index (χ0) is 9.84. The summed E-state index contributed by atoms with van der Waals surface area (Å²) in [6.45, 7) is 1.83. The molecule has 1 rings (SSSR count). The first kappa shape index (κ1) is 9.58. The molecule has 0 saturated heterocycles. The van der Waals surface area contributed by atoms with Gasteiger partial charge in [-0.1, -0.05) is 29.8 Å². The molecule has 0 saturated carbocycles. The van der Waals surface area contributed by atoms with Crippen molar-refractivity contribution in [1.82, 2.24) is 0 Å². The van der Waals surface area contributed by atoms with Crippen molar-refractivity contribution in [1.29, 1.82) is 0 Å². The van der Waals surface area contributed by atoms with E-state index in [-0.39, 0.29) is 11.8 Å². The summed E-state index contributed by atoms with van der Waals surface area (Å²) in [6.07, 6.45) is -0.144. The highest BCUT2D eigenvalue weighted by atomic mass is 19.2. The fourth-order valence-corrected chi connectivity index (χ4v) is 0.890. The maximum Gasteiger partial charge on any atom is 0.199 e.